The van der Waals surface area contributed by atoms with Gasteiger partial charge < -0.3 is 20.1 Å². The minimum Gasteiger partial charge on any atom is -0.491 e. The van der Waals surface area contributed by atoms with E-state index in [-0.39, 0.29) is 6.03 Å². The lowest BCUT2D eigenvalue weighted by atomic mass is 10.1. The third-order valence-corrected chi connectivity index (χ3v) is 3.18. The maximum atomic E-state index is 11.4. The van der Waals surface area contributed by atoms with Gasteiger partial charge in [0.2, 0.25) is 0 Å². The zero-order chi connectivity index (χ0) is 13.8. The molecule has 0 unspecified atom stereocenters. The van der Waals surface area contributed by atoms with Gasteiger partial charge in [0.1, 0.15) is 12.4 Å². The summed E-state index contributed by atoms with van der Waals surface area (Å²) in [6.45, 7) is 6.09. The van der Waals surface area contributed by atoms with E-state index in [1.54, 1.807) is 11.8 Å². The number of carbonyl (C=O) groups is 1. The molecule has 0 bridgehead atoms. The van der Waals surface area contributed by atoms with Gasteiger partial charge in [0.15, 0.2) is 0 Å². The standard InChI is InChI=1S/C14H20N2O3/c1-10-3-4-12(11(2)17)13(9-10)19-8-7-16-6-5-15-14(16)18/h3-4,9,11,17H,5-8H2,1-2H3,(H,15,18)/t11-/m0/s1. The number of amides is 2. The molecule has 1 aromatic rings. The molecule has 0 saturated carbocycles. The molecule has 0 aromatic heterocycles. The Bertz CT molecular complexity index is 460. The molecule has 1 heterocycles. The molecule has 1 aliphatic rings. The van der Waals surface area contributed by atoms with Crippen molar-refractivity contribution in [1.29, 1.82) is 0 Å². The molecular formula is C14H20N2O3. The number of carbonyl (C=O) groups excluding carboxylic acids is 1. The fourth-order valence-electron chi connectivity index (χ4n) is 2.10. The van der Waals surface area contributed by atoms with Gasteiger partial charge >= 0.3 is 6.03 Å². The van der Waals surface area contributed by atoms with Crippen LogP contribution < -0.4 is 10.1 Å². The van der Waals surface area contributed by atoms with Gasteiger partial charge in [-0.25, -0.2) is 4.79 Å². The second kappa shape index (κ2) is 5.93. The summed E-state index contributed by atoms with van der Waals surface area (Å²) in [5.74, 6) is 0.689. The molecule has 1 saturated heterocycles. The Balaban J connectivity index is 1.95. The molecule has 0 radical (unpaired) electrons. The van der Waals surface area contributed by atoms with E-state index >= 15 is 0 Å². The fourth-order valence-corrected chi connectivity index (χ4v) is 2.10. The highest BCUT2D eigenvalue weighted by Gasteiger charge is 2.19. The average molecular weight is 264 g/mol. The third kappa shape index (κ3) is 3.38. The van der Waals surface area contributed by atoms with Gasteiger partial charge in [-0.2, -0.15) is 0 Å². The van der Waals surface area contributed by atoms with Crippen LogP contribution in [0.2, 0.25) is 0 Å². The number of aliphatic hydroxyl groups is 1. The van der Waals surface area contributed by atoms with Crippen molar-refractivity contribution in [2.24, 2.45) is 0 Å². The van der Waals surface area contributed by atoms with E-state index in [9.17, 15) is 9.90 Å². The Kier molecular flexibility index (Phi) is 4.27. The van der Waals surface area contributed by atoms with Crippen LogP contribution in [0.15, 0.2) is 18.2 Å². The van der Waals surface area contributed by atoms with Crippen LogP contribution in [0.1, 0.15) is 24.2 Å². The number of urea groups is 1. The van der Waals surface area contributed by atoms with Crippen molar-refractivity contribution in [3.05, 3.63) is 29.3 Å². The fraction of sp³-hybridized carbons (Fsp3) is 0.500. The summed E-state index contributed by atoms with van der Waals surface area (Å²) in [5, 5.41) is 12.4. The second-order valence-corrected chi connectivity index (χ2v) is 4.78. The first-order chi connectivity index (χ1) is 9.08. The molecular weight excluding hydrogens is 244 g/mol. The van der Waals surface area contributed by atoms with E-state index in [1.165, 1.54) is 0 Å². The Hall–Kier alpha value is -1.75. The largest absolute Gasteiger partial charge is 0.491 e. The Morgan fingerprint density at radius 1 is 1.53 bits per heavy atom. The molecule has 2 N–H and O–H groups in total. The van der Waals surface area contributed by atoms with E-state index in [0.29, 0.717) is 25.4 Å². The Labute approximate surface area is 113 Å². The van der Waals surface area contributed by atoms with Crippen molar-refractivity contribution in [2.45, 2.75) is 20.0 Å². The van der Waals surface area contributed by atoms with Crippen LogP contribution in [0, 0.1) is 6.92 Å². The van der Waals surface area contributed by atoms with Crippen LogP contribution in [0.25, 0.3) is 0 Å². The van der Waals surface area contributed by atoms with Gasteiger partial charge in [-0.15, -0.1) is 0 Å². The Morgan fingerprint density at radius 3 is 2.95 bits per heavy atom. The molecule has 0 spiro atoms. The maximum absolute atomic E-state index is 11.4. The smallest absolute Gasteiger partial charge is 0.317 e. The van der Waals surface area contributed by atoms with Crippen molar-refractivity contribution < 1.29 is 14.6 Å². The molecule has 5 nitrogen and oxygen atoms in total. The normalized spacial score (nSPS) is 16.4. The van der Waals surface area contributed by atoms with Crippen LogP contribution in [-0.4, -0.2) is 42.3 Å². The number of nitrogens with one attached hydrogen (secondary N) is 1. The molecule has 0 aliphatic carbocycles. The molecule has 1 aromatic carbocycles. The van der Waals surface area contributed by atoms with Gasteiger partial charge in [0, 0.05) is 18.7 Å². The number of hydrogen-bond donors (Lipinski definition) is 2. The van der Waals surface area contributed by atoms with Gasteiger partial charge in [-0.3, -0.25) is 0 Å². The molecule has 2 amide bonds. The predicted molar refractivity (Wildman–Crippen MR) is 72.3 cm³/mol. The monoisotopic (exact) mass is 264 g/mol. The van der Waals surface area contributed by atoms with Crippen molar-refractivity contribution in [2.75, 3.05) is 26.2 Å². The van der Waals surface area contributed by atoms with Crippen molar-refractivity contribution in [1.82, 2.24) is 10.2 Å². The molecule has 104 valence electrons. The summed E-state index contributed by atoms with van der Waals surface area (Å²) in [6, 6.07) is 5.69. The molecule has 1 aliphatic heterocycles. The number of benzene rings is 1. The average Bonchev–Trinajstić information content (AvgIpc) is 2.75. The van der Waals surface area contributed by atoms with Gasteiger partial charge in [-0.05, 0) is 25.5 Å². The van der Waals surface area contributed by atoms with Gasteiger partial charge in [0.05, 0.1) is 12.6 Å². The minimum absolute atomic E-state index is 0.0383. The van der Waals surface area contributed by atoms with E-state index < -0.39 is 6.10 Å². The number of nitrogens with zero attached hydrogens (tertiary/aromatic N) is 1. The summed E-state index contributed by atoms with van der Waals surface area (Å²) in [5.41, 5.74) is 1.86. The highest BCUT2D eigenvalue weighted by molar-refractivity contribution is 5.76. The summed E-state index contributed by atoms with van der Waals surface area (Å²) < 4.78 is 5.71. The lowest BCUT2D eigenvalue weighted by molar-refractivity contribution is 0.184. The molecule has 1 fully saturated rings. The van der Waals surface area contributed by atoms with Crippen LogP contribution in [0.4, 0.5) is 4.79 Å². The predicted octanol–water partition coefficient (Wildman–Crippen LogP) is 1.45. The summed E-state index contributed by atoms with van der Waals surface area (Å²) in [4.78, 5) is 13.1. The number of hydrogen-bond acceptors (Lipinski definition) is 3. The Morgan fingerprint density at radius 2 is 2.32 bits per heavy atom. The van der Waals surface area contributed by atoms with E-state index in [2.05, 4.69) is 5.32 Å². The van der Waals surface area contributed by atoms with Crippen molar-refractivity contribution >= 4 is 6.03 Å². The zero-order valence-electron chi connectivity index (χ0n) is 11.3. The van der Waals surface area contributed by atoms with Gasteiger partial charge in [-0.1, -0.05) is 12.1 Å². The van der Waals surface area contributed by atoms with E-state index in [4.69, 9.17) is 4.74 Å². The van der Waals surface area contributed by atoms with Gasteiger partial charge in [0.25, 0.3) is 0 Å². The SMILES string of the molecule is Cc1ccc([C@H](C)O)c(OCCN2CCNC2=O)c1. The van der Waals surface area contributed by atoms with Crippen LogP contribution in [-0.2, 0) is 0 Å². The van der Waals surface area contributed by atoms with Crippen molar-refractivity contribution in [3.63, 3.8) is 0 Å². The first-order valence-corrected chi connectivity index (χ1v) is 6.52. The summed E-state index contributed by atoms with van der Waals surface area (Å²) in [7, 11) is 0. The highest BCUT2D eigenvalue weighted by atomic mass is 16.5. The highest BCUT2D eigenvalue weighted by Crippen LogP contribution is 2.26. The van der Waals surface area contributed by atoms with E-state index in [1.807, 2.05) is 25.1 Å². The lowest BCUT2D eigenvalue weighted by Gasteiger charge is -2.17. The zero-order valence-corrected chi connectivity index (χ0v) is 11.3. The van der Waals surface area contributed by atoms with E-state index in [0.717, 1.165) is 17.7 Å². The molecule has 19 heavy (non-hydrogen) atoms. The molecule has 5 heteroatoms. The van der Waals surface area contributed by atoms with Crippen LogP contribution in [0.3, 0.4) is 0 Å². The summed E-state index contributed by atoms with van der Waals surface area (Å²) >= 11 is 0. The lowest BCUT2D eigenvalue weighted by Crippen LogP contribution is -2.31. The summed E-state index contributed by atoms with van der Waals surface area (Å²) in [6.07, 6.45) is -0.564. The third-order valence-electron chi connectivity index (χ3n) is 3.18. The number of aryl methyl sites for hydroxylation is 1. The number of rotatable bonds is 5. The second-order valence-electron chi connectivity index (χ2n) is 4.78. The number of ether oxygens (including phenoxy) is 1. The molecule has 2 rings (SSSR count). The maximum Gasteiger partial charge on any atom is 0.317 e. The van der Waals surface area contributed by atoms with Crippen LogP contribution in [0.5, 0.6) is 5.75 Å². The topological polar surface area (TPSA) is 61.8 Å². The van der Waals surface area contributed by atoms with Crippen LogP contribution >= 0.6 is 0 Å². The first kappa shape index (κ1) is 13.7. The molecule has 1 atom stereocenters. The number of aliphatic hydroxyl groups excluding tert-OH is 1. The van der Waals surface area contributed by atoms with Crippen molar-refractivity contribution in [3.8, 4) is 5.75 Å². The minimum atomic E-state index is -0.564. The quantitative estimate of drug-likeness (QED) is 0.846. The first-order valence-electron chi connectivity index (χ1n) is 6.52.